The smallest absolute Gasteiger partial charge is 0.319 e. The number of aromatic nitrogens is 4. The van der Waals surface area contributed by atoms with Gasteiger partial charge < -0.3 is 10.6 Å². The summed E-state index contributed by atoms with van der Waals surface area (Å²) in [5, 5.41) is 12.2. The molecule has 0 aliphatic rings. The van der Waals surface area contributed by atoms with Crippen LogP contribution in [0.25, 0.3) is 11.4 Å². The summed E-state index contributed by atoms with van der Waals surface area (Å²) in [6.07, 6.45) is 3.33. The topological polar surface area (TPSA) is 113 Å². The molecule has 3 rings (SSSR count). The molecule has 8 nitrogen and oxygen atoms in total. The van der Waals surface area contributed by atoms with Crippen molar-refractivity contribution >= 4 is 17.5 Å². The van der Waals surface area contributed by atoms with Crippen molar-refractivity contribution < 1.29 is 9.59 Å². The van der Waals surface area contributed by atoms with Crippen molar-refractivity contribution in [2.75, 3.05) is 5.32 Å². The van der Waals surface area contributed by atoms with Crippen molar-refractivity contribution in [3.8, 4) is 11.4 Å². The van der Waals surface area contributed by atoms with E-state index in [1.165, 1.54) is 6.92 Å². The molecule has 0 saturated carbocycles. The lowest BCUT2D eigenvalue weighted by Crippen LogP contribution is -2.28. The molecule has 2 aromatic heterocycles. The van der Waals surface area contributed by atoms with Gasteiger partial charge in [-0.25, -0.2) is 9.78 Å². The Morgan fingerprint density at radius 1 is 1.20 bits per heavy atom. The van der Waals surface area contributed by atoms with Gasteiger partial charge in [-0.1, -0.05) is 12.1 Å². The minimum Gasteiger partial charge on any atom is -0.331 e. The van der Waals surface area contributed by atoms with Crippen LogP contribution in [-0.4, -0.2) is 32.0 Å². The number of carbonyl (C=O) groups is 2. The van der Waals surface area contributed by atoms with E-state index in [1.54, 1.807) is 42.7 Å². The number of nitrogens with one attached hydrogen (secondary N) is 3. The maximum absolute atomic E-state index is 12.0. The number of aromatic amines is 1. The second-order valence-corrected chi connectivity index (χ2v) is 5.29. The van der Waals surface area contributed by atoms with Gasteiger partial charge in [-0.05, 0) is 31.2 Å². The van der Waals surface area contributed by atoms with E-state index in [-0.39, 0.29) is 12.3 Å². The van der Waals surface area contributed by atoms with Crippen LogP contribution in [0, 0.1) is 0 Å². The van der Waals surface area contributed by atoms with Crippen LogP contribution in [0.15, 0.2) is 48.8 Å². The summed E-state index contributed by atoms with van der Waals surface area (Å²) in [5.41, 5.74) is 1.86. The fraction of sp³-hybridized carbons (Fsp3) is 0.118. The first-order valence-electron chi connectivity index (χ1n) is 7.59. The first kappa shape index (κ1) is 16.3. The molecular weight excluding hydrogens is 320 g/mol. The number of urea groups is 1. The summed E-state index contributed by atoms with van der Waals surface area (Å²) in [7, 11) is 0. The summed E-state index contributed by atoms with van der Waals surface area (Å²) in [6, 6.07) is 9.98. The molecule has 0 aliphatic heterocycles. The van der Waals surface area contributed by atoms with E-state index in [4.69, 9.17) is 0 Å². The summed E-state index contributed by atoms with van der Waals surface area (Å²) < 4.78 is 0. The van der Waals surface area contributed by atoms with E-state index in [0.29, 0.717) is 22.9 Å². The van der Waals surface area contributed by atoms with E-state index in [9.17, 15) is 9.59 Å². The summed E-state index contributed by atoms with van der Waals surface area (Å²) in [4.78, 5) is 31.6. The predicted molar refractivity (Wildman–Crippen MR) is 91.9 cm³/mol. The molecule has 2 heterocycles. The molecule has 3 aromatic rings. The first-order valence-corrected chi connectivity index (χ1v) is 7.59. The zero-order valence-electron chi connectivity index (χ0n) is 13.5. The first-order chi connectivity index (χ1) is 12.1. The highest BCUT2D eigenvalue weighted by Crippen LogP contribution is 2.12. The van der Waals surface area contributed by atoms with E-state index in [1.807, 2.05) is 6.07 Å². The maximum Gasteiger partial charge on any atom is 0.319 e. The van der Waals surface area contributed by atoms with Gasteiger partial charge in [-0.3, -0.25) is 14.9 Å². The highest BCUT2D eigenvalue weighted by molar-refractivity contribution is 5.96. The standard InChI is InChI=1S/C17H16N6O2/c1-11(24)12-4-2-6-14(8-12)20-17(25)19-10-15-21-16(23-22-15)13-5-3-7-18-9-13/h2-9H,10H2,1H3,(H2,19,20,25)(H,21,22,23). The zero-order valence-corrected chi connectivity index (χ0v) is 13.5. The Kier molecular flexibility index (Phi) is 4.79. The number of benzene rings is 1. The number of anilines is 1. The van der Waals surface area contributed by atoms with Gasteiger partial charge in [-0.15, -0.1) is 0 Å². The highest BCUT2D eigenvalue weighted by atomic mass is 16.2. The fourth-order valence-electron chi connectivity index (χ4n) is 2.15. The Balaban J connectivity index is 1.57. The minimum atomic E-state index is -0.403. The molecule has 0 unspecified atom stereocenters. The van der Waals surface area contributed by atoms with Crippen LogP contribution in [0.4, 0.5) is 10.5 Å². The van der Waals surface area contributed by atoms with Crippen LogP contribution < -0.4 is 10.6 Å². The Morgan fingerprint density at radius 2 is 2.08 bits per heavy atom. The van der Waals surface area contributed by atoms with Crippen LogP contribution >= 0.6 is 0 Å². The van der Waals surface area contributed by atoms with Gasteiger partial charge >= 0.3 is 6.03 Å². The van der Waals surface area contributed by atoms with E-state index in [2.05, 4.69) is 30.8 Å². The van der Waals surface area contributed by atoms with Crippen molar-refractivity contribution in [1.29, 1.82) is 0 Å². The number of pyridine rings is 1. The van der Waals surface area contributed by atoms with Crippen LogP contribution in [0.3, 0.4) is 0 Å². The van der Waals surface area contributed by atoms with Gasteiger partial charge in [0.1, 0.15) is 5.82 Å². The molecule has 8 heteroatoms. The second kappa shape index (κ2) is 7.35. The lowest BCUT2D eigenvalue weighted by molar-refractivity contribution is 0.101. The van der Waals surface area contributed by atoms with Crippen molar-refractivity contribution in [3.05, 3.63) is 60.2 Å². The number of amides is 2. The Labute approximate surface area is 143 Å². The van der Waals surface area contributed by atoms with Crippen molar-refractivity contribution in [1.82, 2.24) is 25.5 Å². The average molecular weight is 336 g/mol. The third-order valence-electron chi connectivity index (χ3n) is 3.39. The highest BCUT2D eigenvalue weighted by Gasteiger charge is 2.08. The van der Waals surface area contributed by atoms with Crippen molar-refractivity contribution in [2.45, 2.75) is 13.5 Å². The van der Waals surface area contributed by atoms with Crippen LogP contribution in [0.2, 0.25) is 0 Å². The average Bonchev–Trinajstić information content (AvgIpc) is 3.10. The third kappa shape index (κ3) is 4.25. The maximum atomic E-state index is 12.0. The molecule has 0 radical (unpaired) electrons. The number of carbonyl (C=O) groups excluding carboxylic acids is 2. The van der Waals surface area contributed by atoms with Gasteiger partial charge in [0, 0.05) is 29.2 Å². The molecule has 0 saturated heterocycles. The van der Waals surface area contributed by atoms with E-state index < -0.39 is 6.03 Å². The summed E-state index contributed by atoms with van der Waals surface area (Å²) in [5.74, 6) is 0.972. The van der Waals surface area contributed by atoms with Gasteiger partial charge in [0.25, 0.3) is 0 Å². The normalized spacial score (nSPS) is 10.3. The van der Waals surface area contributed by atoms with Gasteiger partial charge in [-0.2, -0.15) is 5.10 Å². The molecular formula is C17H16N6O2. The molecule has 0 bridgehead atoms. The number of H-pyrrole nitrogens is 1. The molecule has 0 atom stereocenters. The lowest BCUT2D eigenvalue weighted by atomic mass is 10.1. The van der Waals surface area contributed by atoms with Crippen LogP contribution in [-0.2, 0) is 6.54 Å². The zero-order chi connectivity index (χ0) is 17.6. The van der Waals surface area contributed by atoms with Gasteiger partial charge in [0.2, 0.25) is 0 Å². The lowest BCUT2D eigenvalue weighted by Gasteiger charge is -2.07. The Hall–Kier alpha value is -3.55. The molecule has 25 heavy (non-hydrogen) atoms. The Morgan fingerprint density at radius 3 is 2.84 bits per heavy atom. The molecule has 0 fully saturated rings. The molecule has 0 spiro atoms. The number of nitrogens with zero attached hydrogens (tertiary/aromatic N) is 3. The van der Waals surface area contributed by atoms with Crippen molar-refractivity contribution in [2.24, 2.45) is 0 Å². The molecule has 3 N–H and O–H groups in total. The summed E-state index contributed by atoms with van der Waals surface area (Å²) in [6.45, 7) is 1.66. The fourth-order valence-corrected chi connectivity index (χ4v) is 2.15. The molecule has 1 aromatic carbocycles. The van der Waals surface area contributed by atoms with Crippen LogP contribution in [0.5, 0.6) is 0 Å². The second-order valence-electron chi connectivity index (χ2n) is 5.29. The molecule has 126 valence electrons. The number of hydrogen-bond acceptors (Lipinski definition) is 5. The summed E-state index contributed by atoms with van der Waals surface area (Å²) >= 11 is 0. The monoisotopic (exact) mass is 336 g/mol. The number of hydrogen-bond donors (Lipinski definition) is 3. The number of Topliss-reactive ketones (excluding diaryl/α,β-unsaturated/α-hetero) is 1. The number of rotatable bonds is 5. The van der Waals surface area contributed by atoms with E-state index in [0.717, 1.165) is 5.56 Å². The SMILES string of the molecule is CC(=O)c1cccc(NC(=O)NCc2nc(-c3cccnc3)n[nH]2)c1. The minimum absolute atomic E-state index is 0.0614. The van der Waals surface area contributed by atoms with E-state index >= 15 is 0 Å². The largest absolute Gasteiger partial charge is 0.331 e. The molecule has 2 amide bonds. The van der Waals surface area contributed by atoms with Crippen LogP contribution in [0.1, 0.15) is 23.1 Å². The Bertz CT molecular complexity index is 891. The molecule has 0 aliphatic carbocycles. The van der Waals surface area contributed by atoms with Crippen molar-refractivity contribution in [3.63, 3.8) is 0 Å². The van der Waals surface area contributed by atoms with Gasteiger partial charge in [0.15, 0.2) is 11.6 Å². The predicted octanol–water partition coefficient (Wildman–Crippen LogP) is 2.39. The number of ketones is 1. The van der Waals surface area contributed by atoms with Gasteiger partial charge in [0.05, 0.1) is 6.54 Å². The quantitative estimate of drug-likeness (QED) is 0.619. The third-order valence-corrected chi connectivity index (χ3v) is 3.39.